The van der Waals surface area contributed by atoms with Gasteiger partial charge in [0, 0.05) is 5.02 Å². The Morgan fingerprint density at radius 2 is 1.65 bits per heavy atom. The third-order valence-electron chi connectivity index (χ3n) is 5.85. The van der Waals surface area contributed by atoms with Gasteiger partial charge in [-0.25, -0.2) is 4.79 Å². The van der Waals surface area contributed by atoms with Gasteiger partial charge in [0.2, 0.25) is 0 Å². The molecule has 0 radical (unpaired) electrons. The Morgan fingerprint density at radius 1 is 0.850 bits per heavy atom. The lowest BCUT2D eigenvalue weighted by molar-refractivity contribution is -0.130. The van der Waals surface area contributed by atoms with Crippen molar-refractivity contribution in [1.82, 2.24) is 10.2 Å². The molecule has 40 heavy (non-hydrogen) atoms. The van der Waals surface area contributed by atoms with Crippen molar-refractivity contribution in [2.75, 3.05) is 13.2 Å². The van der Waals surface area contributed by atoms with Crippen molar-refractivity contribution in [3.63, 3.8) is 0 Å². The predicted octanol–water partition coefficient (Wildman–Crippen LogP) is 6.42. The van der Waals surface area contributed by atoms with Gasteiger partial charge in [-0.2, -0.15) is 0 Å². The minimum atomic E-state index is -0.806. The number of hydrogen-bond acceptors (Lipinski definition) is 6. The second-order valence-electron chi connectivity index (χ2n) is 8.88. The summed E-state index contributed by atoms with van der Waals surface area (Å²) < 4.78 is 17.2. The summed E-state index contributed by atoms with van der Waals surface area (Å²) in [6.45, 7) is 4.99. The fourth-order valence-corrected chi connectivity index (χ4v) is 4.41. The summed E-state index contributed by atoms with van der Waals surface area (Å²) in [6, 6.07) is 16.6. The van der Waals surface area contributed by atoms with Crippen LogP contribution in [-0.2, 0) is 22.7 Å². The number of carbonyl (C=O) groups excluding carboxylic acids is 3. The Bertz CT molecular complexity index is 1460. The summed E-state index contributed by atoms with van der Waals surface area (Å²) in [4.78, 5) is 39.4. The van der Waals surface area contributed by atoms with Gasteiger partial charge in [0.15, 0.2) is 11.5 Å². The van der Waals surface area contributed by atoms with E-state index < -0.39 is 17.8 Å². The molecule has 4 rings (SSSR count). The lowest BCUT2D eigenvalue weighted by Gasteiger charge is -2.26. The molecule has 0 aliphatic carbocycles. The average Bonchev–Trinajstić information content (AvgIpc) is 2.92. The first-order chi connectivity index (χ1) is 19.3. The highest BCUT2D eigenvalue weighted by atomic mass is 35.5. The highest BCUT2D eigenvalue weighted by molar-refractivity contribution is 6.33. The molecule has 3 aromatic carbocycles. The SMILES string of the molecule is CCCOc1ccc(CN2C(=O)NC(=O)/C(=C\c3ccc(OCc4cccc(Cl)c4)c(Cl)c3)C2=O)cc1OCC. The topological polar surface area (TPSA) is 94.2 Å². The minimum absolute atomic E-state index is 0.0690. The molecule has 1 fully saturated rings. The van der Waals surface area contributed by atoms with E-state index in [-0.39, 0.29) is 18.7 Å². The first-order valence-corrected chi connectivity index (χ1v) is 13.5. The van der Waals surface area contributed by atoms with Crippen LogP contribution in [0.5, 0.6) is 17.2 Å². The highest BCUT2D eigenvalue weighted by Gasteiger charge is 2.35. The maximum atomic E-state index is 13.3. The maximum absolute atomic E-state index is 13.3. The van der Waals surface area contributed by atoms with Crippen LogP contribution in [0.3, 0.4) is 0 Å². The molecule has 0 unspecified atom stereocenters. The Labute approximate surface area is 242 Å². The zero-order valence-corrected chi connectivity index (χ0v) is 23.6. The van der Waals surface area contributed by atoms with Gasteiger partial charge in [-0.1, -0.05) is 54.4 Å². The van der Waals surface area contributed by atoms with Gasteiger partial charge in [-0.3, -0.25) is 19.8 Å². The minimum Gasteiger partial charge on any atom is -0.490 e. The number of urea groups is 1. The van der Waals surface area contributed by atoms with E-state index in [9.17, 15) is 14.4 Å². The van der Waals surface area contributed by atoms with E-state index >= 15 is 0 Å². The summed E-state index contributed by atoms with van der Waals surface area (Å²) in [7, 11) is 0. The molecule has 0 atom stereocenters. The van der Waals surface area contributed by atoms with E-state index in [0.717, 1.165) is 16.9 Å². The standard InChI is InChI=1S/C30H28Cl2N2O6/c1-3-12-39-26-11-9-20(16-27(26)38-4-2)17-34-29(36)23(28(35)33-30(34)37)14-19-8-10-25(24(32)15-19)40-18-21-6-5-7-22(31)13-21/h5-11,13-16H,3-4,12,17-18H2,1-2H3,(H,33,35,37)/b23-14+. The van der Waals surface area contributed by atoms with E-state index in [1.807, 2.05) is 26.0 Å². The van der Waals surface area contributed by atoms with Crippen LogP contribution < -0.4 is 19.5 Å². The molecule has 0 bridgehead atoms. The third kappa shape index (κ3) is 7.14. The molecule has 0 saturated carbocycles. The van der Waals surface area contributed by atoms with Gasteiger partial charge in [0.1, 0.15) is 17.9 Å². The first-order valence-electron chi connectivity index (χ1n) is 12.7. The van der Waals surface area contributed by atoms with Gasteiger partial charge in [0.05, 0.1) is 24.8 Å². The molecule has 10 heteroatoms. The van der Waals surface area contributed by atoms with Crippen molar-refractivity contribution < 1.29 is 28.6 Å². The van der Waals surface area contributed by atoms with Gasteiger partial charge in [-0.15, -0.1) is 0 Å². The molecule has 1 saturated heterocycles. The van der Waals surface area contributed by atoms with Crippen molar-refractivity contribution in [1.29, 1.82) is 0 Å². The molecule has 1 aliphatic heterocycles. The lowest BCUT2D eigenvalue weighted by atomic mass is 10.1. The molecule has 3 aromatic rings. The lowest BCUT2D eigenvalue weighted by Crippen LogP contribution is -2.53. The Morgan fingerprint density at radius 3 is 2.38 bits per heavy atom. The van der Waals surface area contributed by atoms with Crippen molar-refractivity contribution in [2.45, 2.75) is 33.4 Å². The monoisotopic (exact) mass is 582 g/mol. The van der Waals surface area contributed by atoms with E-state index in [2.05, 4.69) is 5.32 Å². The van der Waals surface area contributed by atoms with Crippen LogP contribution in [-0.4, -0.2) is 36.0 Å². The van der Waals surface area contributed by atoms with E-state index in [1.165, 1.54) is 6.08 Å². The number of hydrogen-bond donors (Lipinski definition) is 1. The summed E-state index contributed by atoms with van der Waals surface area (Å²) in [5, 5.41) is 3.13. The summed E-state index contributed by atoms with van der Waals surface area (Å²) in [5.74, 6) is 0.000797. The van der Waals surface area contributed by atoms with E-state index in [0.29, 0.717) is 51.6 Å². The quantitative estimate of drug-likeness (QED) is 0.207. The normalized spacial score (nSPS) is 14.3. The first kappa shape index (κ1) is 29.0. The Balaban J connectivity index is 1.51. The number of rotatable bonds is 11. The number of carbonyl (C=O) groups is 3. The van der Waals surface area contributed by atoms with Crippen LogP contribution in [0, 0.1) is 0 Å². The van der Waals surface area contributed by atoms with Crippen molar-refractivity contribution in [3.8, 4) is 17.2 Å². The largest absolute Gasteiger partial charge is 0.490 e. The van der Waals surface area contributed by atoms with E-state index in [4.69, 9.17) is 37.4 Å². The molecule has 1 aliphatic rings. The Hall–Kier alpha value is -4.01. The van der Waals surface area contributed by atoms with Crippen LogP contribution in [0.25, 0.3) is 6.08 Å². The second kappa shape index (κ2) is 13.4. The van der Waals surface area contributed by atoms with Crippen LogP contribution >= 0.6 is 23.2 Å². The van der Waals surface area contributed by atoms with Crippen LogP contribution in [0.15, 0.2) is 66.2 Å². The molecule has 0 spiro atoms. The van der Waals surface area contributed by atoms with Crippen LogP contribution in [0.4, 0.5) is 4.79 Å². The van der Waals surface area contributed by atoms with Crippen LogP contribution in [0.2, 0.25) is 10.0 Å². The number of halogens is 2. The number of nitrogens with zero attached hydrogens (tertiary/aromatic N) is 1. The van der Waals surface area contributed by atoms with Crippen molar-refractivity contribution in [2.24, 2.45) is 0 Å². The molecular formula is C30H28Cl2N2O6. The van der Waals surface area contributed by atoms with Gasteiger partial charge >= 0.3 is 6.03 Å². The van der Waals surface area contributed by atoms with Gasteiger partial charge < -0.3 is 14.2 Å². The molecular weight excluding hydrogens is 555 g/mol. The number of imide groups is 2. The third-order valence-corrected chi connectivity index (χ3v) is 6.38. The fraction of sp³-hybridized carbons (Fsp3) is 0.233. The summed E-state index contributed by atoms with van der Waals surface area (Å²) in [5.41, 5.74) is 1.80. The molecule has 208 valence electrons. The molecule has 0 aromatic heterocycles. The number of amides is 4. The smallest absolute Gasteiger partial charge is 0.331 e. The predicted molar refractivity (Wildman–Crippen MR) is 153 cm³/mol. The van der Waals surface area contributed by atoms with Crippen LogP contribution in [0.1, 0.15) is 37.0 Å². The molecule has 4 amide bonds. The van der Waals surface area contributed by atoms with Crippen molar-refractivity contribution >= 4 is 47.1 Å². The molecule has 1 heterocycles. The number of ether oxygens (including phenoxy) is 3. The Kier molecular flexibility index (Phi) is 9.69. The maximum Gasteiger partial charge on any atom is 0.331 e. The summed E-state index contributed by atoms with van der Waals surface area (Å²) in [6.07, 6.45) is 2.22. The summed E-state index contributed by atoms with van der Waals surface area (Å²) >= 11 is 12.4. The van der Waals surface area contributed by atoms with E-state index in [1.54, 1.807) is 48.5 Å². The fourth-order valence-electron chi connectivity index (χ4n) is 3.95. The number of nitrogens with one attached hydrogen (secondary N) is 1. The van der Waals surface area contributed by atoms with Crippen molar-refractivity contribution in [3.05, 3.63) is 93.0 Å². The number of barbiturate groups is 1. The van der Waals surface area contributed by atoms with Gasteiger partial charge in [0.25, 0.3) is 11.8 Å². The molecule has 8 nitrogen and oxygen atoms in total. The average molecular weight is 583 g/mol. The van der Waals surface area contributed by atoms with Gasteiger partial charge in [-0.05, 0) is 72.5 Å². The number of benzene rings is 3. The zero-order valence-electron chi connectivity index (χ0n) is 22.0. The molecule has 1 N–H and O–H groups in total. The second-order valence-corrected chi connectivity index (χ2v) is 9.72. The zero-order chi connectivity index (χ0) is 28.6. The highest BCUT2D eigenvalue weighted by Crippen LogP contribution is 2.31.